The lowest BCUT2D eigenvalue weighted by Crippen LogP contribution is -2.50. The van der Waals surface area contributed by atoms with E-state index in [2.05, 4.69) is 6.07 Å². The highest BCUT2D eigenvalue weighted by Crippen LogP contribution is 2.23. The Morgan fingerprint density at radius 1 is 0.828 bits per heavy atom. The highest BCUT2D eigenvalue weighted by molar-refractivity contribution is 5.98. The summed E-state index contributed by atoms with van der Waals surface area (Å²) < 4.78 is 4.96. The summed E-state index contributed by atoms with van der Waals surface area (Å²) in [4.78, 5) is 40.9. The van der Waals surface area contributed by atoms with Gasteiger partial charge >= 0.3 is 0 Å². The van der Waals surface area contributed by atoms with Crippen molar-refractivity contribution in [1.29, 1.82) is 0 Å². The van der Waals surface area contributed by atoms with E-state index in [-0.39, 0.29) is 30.4 Å². The van der Waals surface area contributed by atoms with Crippen molar-refractivity contribution in [2.24, 2.45) is 0 Å². The lowest BCUT2D eigenvalue weighted by atomic mass is 9.89. The Kier molecular flexibility index (Phi) is 5.79. The summed E-state index contributed by atoms with van der Waals surface area (Å²) in [6.45, 7) is 1.98. The molecular weight excluding hydrogens is 368 g/mol. The van der Waals surface area contributed by atoms with Crippen LogP contribution < -0.4 is 0 Å². The van der Waals surface area contributed by atoms with E-state index >= 15 is 0 Å². The Labute approximate surface area is 170 Å². The van der Waals surface area contributed by atoms with Crippen LogP contribution in [0.4, 0.5) is 0 Å². The van der Waals surface area contributed by atoms with E-state index in [0.29, 0.717) is 37.3 Å². The molecule has 1 aromatic heterocycles. The van der Waals surface area contributed by atoms with Gasteiger partial charge in [-0.15, -0.1) is 0 Å². The molecule has 1 saturated heterocycles. The highest BCUT2D eigenvalue weighted by Gasteiger charge is 2.25. The fourth-order valence-electron chi connectivity index (χ4n) is 4.16. The summed E-state index contributed by atoms with van der Waals surface area (Å²) in [5.41, 5.74) is 3.88. The molecule has 0 N–H and O–H groups in total. The molecule has 29 heavy (non-hydrogen) atoms. The standard InChI is InChI=1S/C23H26N2O4/c26-21(19-6-5-17-3-1-2-4-18(17)15-19)7-8-22(27)24-10-12-25(13-11-24)23(28)20-9-14-29-16-20/h5-6,9,14-16H,1-4,7-8,10-13H2. The second-order valence-corrected chi connectivity index (χ2v) is 7.80. The molecule has 152 valence electrons. The number of hydrogen-bond acceptors (Lipinski definition) is 4. The van der Waals surface area contributed by atoms with Crippen LogP contribution in [0.15, 0.2) is 41.2 Å². The first kappa shape index (κ1) is 19.4. The van der Waals surface area contributed by atoms with Crippen molar-refractivity contribution in [3.8, 4) is 0 Å². The van der Waals surface area contributed by atoms with Crippen molar-refractivity contribution in [2.75, 3.05) is 26.2 Å². The van der Waals surface area contributed by atoms with E-state index in [9.17, 15) is 14.4 Å². The zero-order chi connectivity index (χ0) is 20.2. The maximum absolute atomic E-state index is 12.6. The maximum atomic E-state index is 12.6. The zero-order valence-corrected chi connectivity index (χ0v) is 16.6. The number of piperazine rings is 1. The molecule has 0 radical (unpaired) electrons. The molecule has 2 heterocycles. The van der Waals surface area contributed by atoms with Crippen LogP contribution in [0.25, 0.3) is 0 Å². The van der Waals surface area contributed by atoms with E-state index in [4.69, 9.17) is 4.42 Å². The normalized spacial score (nSPS) is 16.4. The van der Waals surface area contributed by atoms with Crippen molar-refractivity contribution in [3.63, 3.8) is 0 Å². The summed E-state index contributed by atoms with van der Waals surface area (Å²) in [6, 6.07) is 7.63. The molecule has 1 aromatic carbocycles. The molecule has 0 spiro atoms. The first-order valence-electron chi connectivity index (χ1n) is 10.4. The second-order valence-electron chi connectivity index (χ2n) is 7.80. The Hall–Kier alpha value is -2.89. The molecule has 2 amide bonds. The number of nitrogens with zero attached hydrogens (tertiary/aromatic N) is 2. The van der Waals surface area contributed by atoms with Crippen LogP contribution in [0.5, 0.6) is 0 Å². The van der Waals surface area contributed by atoms with Gasteiger partial charge in [-0.1, -0.05) is 12.1 Å². The number of rotatable bonds is 5. The van der Waals surface area contributed by atoms with Gasteiger partial charge in [-0.25, -0.2) is 0 Å². The number of fused-ring (bicyclic) bond motifs is 1. The van der Waals surface area contributed by atoms with Gasteiger partial charge in [0.05, 0.1) is 11.8 Å². The Morgan fingerprint density at radius 2 is 1.55 bits per heavy atom. The molecular formula is C23H26N2O4. The van der Waals surface area contributed by atoms with E-state index in [0.717, 1.165) is 12.8 Å². The summed E-state index contributed by atoms with van der Waals surface area (Å²) in [5.74, 6) is -0.0688. The van der Waals surface area contributed by atoms with E-state index < -0.39 is 0 Å². The molecule has 1 aliphatic carbocycles. The van der Waals surface area contributed by atoms with Crippen molar-refractivity contribution in [1.82, 2.24) is 9.80 Å². The quantitative estimate of drug-likeness (QED) is 0.731. The number of carbonyl (C=O) groups excluding carboxylic acids is 3. The van der Waals surface area contributed by atoms with Crippen LogP contribution in [0.1, 0.15) is 57.5 Å². The van der Waals surface area contributed by atoms with Gasteiger partial charge in [0.2, 0.25) is 5.91 Å². The first-order valence-corrected chi connectivity index (χ1v) is 10.4. The predicted octanol–water partition coefficient (Wildman–Crippen LogP) is 3.11. The van der Waals surface area contributed by atoms with Crippen LogP contribution in [0.2, 0.25) is 0 Å². The van der Waals surface area contributed by atoms with E-state index in [1.54, 1.807) is 15.9 Å². The molecule has 2 aliphatic rings. The molecule has 1 aliphatic heterocycles. The van der Waals surface area contributed by atoms with Crippen molar-refractivity contribution in [2.45, 2.75) is 38.5 Å². The predicted molar refractivity (Wildman–Crippen MR) is 108 cm³/mol. The van der Waals surface area contributed by atoms with Crippen LogP contribution in [-0.4, -0.2) is 53.6 Å². The number of Topliss-reactive ketones (excluding diaryl/α,β-unsaturated/α-hetero) is 1. The molecule has 2 aromatic rings. The lowest BCUT2D eigenvalue weighted by Gasteiger charge is -2.34. The zero-order valence-electron chi connectivity index (χ0n) is 16.6. The van der Waals surface area contributed by atoms with Crippen LogP contribution in [-0.2, 0) is 17.6 Å². The van der Waals surface area contributed by atoms with Crippen LogP contribution in [0.3, 0.4) is 0 Å². The lowest BCUT2D eigenvalue weighted by molar-refractivity contribution is -0.132. The summed E-state index contributed by atoms with van der Waals surface area (Å²) >= 11 is 0. The van der Waals surface area contributed by atoms with Gasteiger partial charge in [0.1, 0.15) is 6.26 Å². The topological polar surface area (TPSA) is 70.8 Å². The summed E-state index contributed by atoms with van der Waals surface area (Å²) in [6.07, 6.45) is 7.89. The Balaban J connectivity index is 1.26. The Bertz CT molecular complexity index is 896. The molecule has 0 atom stereocenters. The van der Waals surface area contributed by atoms with Crippen LogP contribution in [0, 0.1) is 0 Å². The van der Waals surface area contributed by atoms with Gasteiger partial charge in [0, 0.05) is 44.6 Å². The number of hydrogen-bond donors (Lipinski definition) is 0. The minimum atomic E-state index is -0.0755. The maximum Gasteiger partial charge on any atom is 0.257 e. The monoisotopic (exact) mass is 394 g/mol. The van der Waals surface area contributed by atoms with Gasteiger partial charge in [-0.05, 0) is 48.9 Å². The highest BCUT2D eigenvalue weighted by atomic mass is 16.3. The second kappa shape index (κ2) is 8.64. The molecule has 1 fully saturated rings. The van der Waals surface area contributed by atoms with Crippen molar-refractivity contribution in [3.05, 3.63) is 59.0 Å². The third-order valence-electron chi connectivity index (χ3n) is 5.92. The minimum Gasteiger partial charge on any atom is -0.472 e. The largest absolute Gasteiger partial charge is 0.472 e. The minimum absolute atomic E-state index is 0.0216. The third-order valence-corrected chi connectivity index (χ3v) is 5.92. The molecule has 6 heteroatoms. The van der Waals surface area contributed by atoms with Gasteiger partial charge in [0.15, 0.2) is 5.78 Å². The van der Waals surface area contributed by atoms with Gasteiger partial charge in [-0.2, -0.15) is 0 Å². The third kappa shape index (κ3) is 4.42. The van der Waals surface area contributed by atoms with E-state index in [1.807, 2.05) is 12.1 Å². The summed E-state index contributed by atoms with van der Waals surface area (Å²) in [7, 11) is 0. The number of ketones is 1. The molecule has 4 rings (SSSR count). The molecule has 0 bridgehead atoms. The number of furan rings is 1. The number of carbonyl (C=O) groups is 3. The SMILES string of the molecule is O=C(CCC(=O)N1CCN(C(=O)c2ccoc2)CC1)c1ccc2c(c1)CCCC2. The van der Waals surface area contributed by atoms with Crippen LogP contribution >= 0.6 is 0 Å². The van der Waals surface area contributed by atoms with E-state index in [1.165, 1.54) is 36.5 Å². The summed E-state index contributed by atoms with van der Waals surface area (Å²) in [5, 5.41) is 0. The number of benzene rings is 1. The fourth-order valence-corrected chi connectivity index (χ4v) is 4.16. The van der Waals surface area contributed by atoms with Gasteiger partial charge in [0.25, 0.3) is 5.91 Å². The molecule has 0 unspecified atom stereocenters. The average molecular weight is 394 g/mol. The van der Waals surface area contributed by atoms with Crippen molar-refractivity contribution < 1.29 is 18.8 Å². The molecule has 0 saturated carbocycles. The first-order chi connectivity index (χ1) is 14.1. The Morgan fingerprint density at radius 3 is 2.28 bits per heavy atom. The smallest absolute Gasteiger partial charge is 0.257 e. The average Bonchev–Trinajstić information content (AvgIpc) is 3.31. The van der Waals surface area contributed by atoms with Gasteiger partial charge in [-0.3, -0.25) is 14.4 Å². The van der Waals surface area contributed by atoms with Crippen molar-refractivity contribution >= 4 is 17.6 Å². The fraction of sp³-hybridized carbons (Fsp3) is 0.435. The number of aryl methyl sites for hydroxylation is 2. The molecule has 6 nitrogen and oxygen atoms in total. The number of amides is 2. The van der Waals surface area contributed by atoms with Gasteiger partial charge < -0.3 is 14.2 Å².